The molecule has 1 atom stereocenters. The number of aromatic nitrogens is 2. The van der Waals surface area contributed by atoms with E-state index in [1.54, 1.807) is 6.20 Å². The van der Waals surface area contributed by atoms with Gasteiger partial charge in [-0.05, 0) is 33.9 Å². The molecule has 3 heteroatoms. The fourth-order valence-corrected chi connectivity index (χ4v) is 1.17. The molecular weight excluding hydrogens is 150 g/mol. The van der Waals surface area contributed by atoms with Crippen LogP contribution >= 0.6 is 0 Å². The minimum atomic E-state index is 0.410. The van der Waals surface area contributed by atoms with Gasteiger partial charge in [0.05, 0.1) is 5.69 Å². The lowest BCUT2D eigenvalue weighted by Gasteiger charge is -2.27. The summed E-state index contributed by atoms with van der Waals surface area (Å²) in [6.07, 6.45) is 1.79. The molecule has 0 amide bonds. The molecule has 1 aromatic heterocycles. The molecule has 1 unspecified atom stereocenters. The first-order chi connectivity index (χ1) is 5.63. The van der Waals surface area contributed by atoms with Gasteiger partial charge in [0.15, 0.2) is 0 Å². The fraction of sp³-hybridized carbons (Fsp3) is 0.667. The standard InChI is InChI=1S/C9H17N3/c1-7(2)12(4)8(3)9-5-6-10-11-9/h5-8H,1-4H3,(H,10,11). The SMILES string of the molecule is CC(C)N(C)C(C)c1ccn[nH]1. The van der Waals surface area contributed by atoms with Crippen molar-refractivity contribution in [3.63, 3.8) is 0 Å². The van der Waals surface area contributed by atoms with E-state index in [4.69, 9.17) is 0 Å². The van der Waals surface area contributed by atoms with Gasteiger partial charge in [-0.3, -0.25) is 10.00 Å². The molecule has 3 nitrogen and oxygen atoms in total. The van der Waals surface area contributed by atoms with Crippen LogP contribution in [0.3, 0.4) is 0 Å². The molecule has 1 heterocycles. The zero-order chi connectivity index (χ0) is 9.14. The van der Waals surface area contributed by atoms with Crippen molar-refractivity contribution in [3.8, 4) is 0 Å². The predicted molar refractivity (Wildman–Crippen MR) is 49.9 cm³/mol. The first-order valence-electron chi connectivity index (χ1n) is 4.34. The zero-order valence-electron chi connectivity index (χ0n) is 8.20. The first kappa shape index (κ1) is 9.26. The maximum atomic E-state index is 3.93. The second-order valence-corrected chi connectivity index (χ2v) is 3.45. The number of nitrogens with zero attached hydrogens (tertiary/aromatic N) is 2. The average Bonchev–Trinajstić information content (AvgIpc) is 2.53. The number of H-pyrrole nitrogens is 1. The van der Waals surface area contributed by atoms with Crippen molar-refractivity contribution in [3.05, 3.63) is 18.0 Å². The van der Waals surface area contributed by atoms with Crippen molar-refractivity contribution in [2.75, 3.05) is 7.05 Å². The molecule has 1 N–H and O–H groups in total. The largest absolute Gasteiger partial charge is 0.296 e. The summed E-state index contributed by atoms with van der Waals surface area (Å²) in [7, 11) is 2.12. The van der Waals surface area contributed by atoms with Crippen molar-refractivity contribution in [2.24, 2.45) is 0 Å². The quantitative estimate of drug-likeness (QED) is 0.744. The number of aromatic amines is 1. The van der Waals surface area contributed by atoms with E-state index < -0.39 is 0 Å². The van der Waals surface area contributed by atoms with Crippen LogP contribution in [0.2, 0.25) is 0 Å². The lowest BCUT2D eigenvalue weighted by atomic mass is 10.2. The Morgan fingerprint density at radius 1 is 1.42 bits per heavy atom. The van der Waals surface area contributed by atoms with Crippen LogP contribution in [0.4, 0.5) is 0 Å². The number of rotatable bonds is 3. The molecule has 0 fully saturated rings. The van der Waals surface area contributed by atoms with Crippen molar-refractivity contribution < 1.29 is 0 Å². The Labute approximate surface area is 73.8 Å². The molecule has 0 aliphatic rings. The fourth-order valence-electron chi connectivity index (χ4n) is 1.17. The van der Waals surface area contributed by atoms with Gasteiger partial charge in [-0.15, -0.1) is 0 Å². The van der Waals surface area contributed by atoms with E-state index in [-0.39, 0.29) is 0 Å². The Kier molecular flexibility index (Phi) is 2.87. The highest BCUT2D eigenvalue weighted by atomic mass is 15.2. The van der Waals surface area contributed by atoms with Gasteiger partial charge in [0.1, 0.15) is 0 Å². The number of hydrogen-bond acceptors (Lipinski definition) is 2. The lowest BCUT2D eigenvalue weighted by molar-refractivity contribution is 0.206. The molecule has 0 saturated carbocycles. The first-order valence-corrected chi connectivity index (χ1v) is 4.34. The van der Waals surface area contributed by atoms with Crippen LogP contribution in [-0.2, 0) is 0 Å². The third-order valence-corrected chi connectivity index (χ3v) is 2.40. The Morgan fingerprint density at radius 3 is 2.50 bits per heavy atom. The predicted octanol–water partition coefficient (Wildman–Crippen LogP) is 1.81. The molecule has 1 aromatic rings. The van der Waals surface area contributed by atoms with E-state index in [2.05, 4.69) is 42.9 Å². The van der Waals surface area contributed by atoms with E-state index in [9.17, 15) is 0 Å². The molecule has 0 saturated heterocycles. The molecule has 0 spiro atoms. The smallest absolute Gasteiger partial charge is 0.0520 e. The van der Waals surface area contributed by atoms with Crippen LogP contribution in [0.5, 0.6) is 0 Å². The molecule has 68 valence electrons. The van der Waals surface area contributed by atoms with E-state index in [1.165, 1.54) is 5.69 Å². The van der Waals surface area contributed by atoms with Gasteiger partial charge in [0.25, 0.3) is 0 Å². The number of nitrogens with one attached hydrogen (secondary N) is 1. The molecule has 0 bridgehead atoms. The molecule has 0 aliphatic heterocycles. The molecule has 12 heavy (non-hydrogen) atoms. The van der Waals surface area contributed by atoms with Crippen LogP contribution in [0.1, 0.15) is 32.5 Å². The van der Waals surface area contributed by atoms with Crippen molar-refractivity contribution >= 4 is 0 Å². The summed E-state index contributed by atoms with van der Waals surface area (Å²) in [6, 6.07) is 2.99. The van der Waals surface area contributed by atoms with E-state index in [0.717, 1.165) is 0 Å². The maximum Gasteiger partial charge on any atom is 0.0520 e. The molecular formula is C9H17N3. The minimum absolute atomic E-state index is 0.410. The second kappa shape index (κ2) is 3.72. The second-order valence-electron chi connectivity index (χ2n) is 3.45. The normalized spacial score (nSPS) is 14.2. The van der Waals surface area contributed by atoms with Crippen LogP contribution < -0.4 is 0 Å². The Bertz CT molecular complexity index is 216. The van der Waals surface area contributed by atoms with Gasteiger partial charge in [-0.1, -0.05) is 0 Å². The Hall–Kier alpha value is -0.830. The van der Waals surface area contributed by atoms with Crippen LogP contribution in [0, 0.1) is 0 Å². The van der Waals surface area contributed by atoms with Gasteiger partial charge in [0, 0.05) is 18.3 Å². The number of hydrogen-bond donors (Lipinski definition) is 1. The van der Waals surface area contributed by atoms with Gasteiger partial charge in [0.2, 0.25) is 0 Å². The summed E-state index contributed by atoms with van der Waals surface area (Å²) in [6.45, 7) is 6.55. The molecule has 0 aromatic carbocycles. The van der Waals surface area contributed by atoms with Gasteiger partial charge in [-0.2, -0.15) is 5.10 Å². The van der Waals surface area contributed by atoms with Crippen LogP contribution in [0.25, 0.3) is 0 Å². The average molecular weight is 167 g/mol. The van der Waals surface area contributed by atoms with Crippen molar-refractivity contribution in [1.82, 2.24) is 15.1 Å². The third kappa shape index (κ3) is 1.85. The third-order valence-electron chi connectivity index (χ3n) is 2.40. The van der Waals surface area contributed by atoms with E-state index in [0.29, 0.717) is 12.1 Å². The lowest BCUT2D eigenvalue weighted by Crippen LogP contribution is -2.29. The molecule has 0 radical (unpaired) electrons. The Balaban J connectivity index is 2.65. The van der Waals surface area contributed by atoms with Gasteiger partial charge in [-0.25, -0.2) is 0 Å². The van der Waals surface area contributed by atoms with Crippen LogP contribution in [0.15, 0.2) is 12.3 Å². The van der Waals surface area contributed by atoms with Gasteiger partial charge >= 0.3 is 0 Å². The Morgan fingerprint density at radius 2 is 2.08 bits per heavy atom. The highest BCUT2D eigenvalue weighted by molar-refractivity contribution is 5.03. The summed E-state index contributed by atoms with van der Waals surface area (Å²) in [5, 5.41) is 6.91. The van der Waals surface area contributed by atoms with Crippen molar-refractivity contribution in [1.29, 1.82) is 0 Å². The summed E-state index contributed by atoms with van der Waals surface area (Å²) in [5.74, 6) is 0. The minimum Gasteiger partial charge on any atom is -0.296 e. The van der Waals surface area contributed by atoms with Gasteiger partial charge < -0.3 is 0 Å². The summed E-state index contributed by atoms with van der Waals surface area (Å²) < 4.78 is 0. The summed E-state index contributed by atoms with van der Waals surface area (Å²) in [5.41, 5.74) is 1.17. The van der Waals surface area contributed by atoms with Crippen LogP contribution in [-0.4, -0.2) is 28.2 Å². The van der Waals surface area contributed by atoms with Crippen molar-refractivity contribution in [2.45, 2.75) is 32.9 Å². The maximum absolute atomic E-state index is 3.93. The summed E-state index contributed by atoms with van der Waals surface area (Å²) in [4.78, 5) is 2.30. The summed E-state index contributed by atoms with van der Waals surface area (Å²) >= 11 is 0. The molecule has 1 rings (SSSR count). The highest BCUT2D eigenvalue weighted by Gasteiger charge is 2.14. The van der Waals surface area contributed by atoms with E-state index >= 15 is 0 Å². The monoisotopic (exact) mass is 167 g/mol. The molecule has 0 aliphatic carbocycles. The topological polar surface area (TPSA) is 31.9 Å². The zero-order valence-corrected chi connectivity index (χ0v) is 8.20. The highest BCUT2D eigenvalue weighted by Crippen LogP contribution is 2.17. The van der Waals surface area contributed by atoms with E-state index in [1.807, 2.05) is 6.07 Å².